The molecule has 2 fully saturated rings. The first-order chi connectivity index (χ1) is 7.25. The Bertz CT molecular complexity index is 369. The van der Waals surface area contributed by atoms with E-state index in [0.29, 0.717) is 5.92 Å². The van der Waals surface area contributed by atoms with Crippen molar-refractivity contribution in [1.29, 1.82) is 0 Å². The normalized spacial score (nSPS) is 38.5. The molecule has 0 amide bonds. The summed E-state index contributed by atoms with van der Waals surface area (Å²) in [4.78, 5) is 4.27. The van der Waals surface area contributed by atoms with Gasteiger partial charge >= 0.3 is 0 Å². The third-order valence-corrected chi connectivity index (χ3v) is 4.00. The average molecular weight is 226 g/mol. The molecule has 0 aromatic carbocycles. The summed E-state index contributed by atoms with van der Waals surface area (Å²) in [5, 5.41) is 4.16. The molecular weight excluding hydrogens is 212 g/mol. The van der Waals surface area contributed by atoms with Gasteiger partial charge < -0.3 is 15.8 Å². The van der Waals surface area contributed by atoms with E-state index in [1.807, 2.05) is 6.92 Å². The minimum Gasteiger partial charge on any atom is -0.376 e. The first-order valence-electron chi connectivity index (χ1n) is 5.20. The molecule has 2 heterocycles. The Morgan fingerprint density at radius 1 is 1.60 bits per heavy atom. The highest BCUT2D eigenvalue weighted by Gasteiger charge is 2.52. The van der Waals surface area contributed by atoms with Crippen molar-refractivity contribution in [1.82, 2.24) is 9.36 Å². The van der Waals surface area contributed by atoms with E-state index in [1.165, 1.54) is 11.5 Å². The van der Waals surface area contributed by atoms with Crippen LogP contribution in [-0.4, -0.2) is 34.2 Å². The maximum absolute atomic E-state index is 6.08. The maximum atomic E-state index is 6.08. The third-order valence-electron chi connectivity index (χ3n) is 3.26. The quantitative estimate of drug-likeness (QED) is 0.762. The van der Waals surface area contributed by atoms with Crippen molar-refractivity contribution in [2.75, 3.05) is 11.9 Å². The molecule has 3 N–H and O–H groups in total. The highest BCUT2D eigenvalue weighted by Crippen LogP contribution is 2.39. The number of nitrogens with two attached hydrogens (primary N) is 1. The average Bonchev–Trinajstić information content (AvgIpc) is 2.80. The maximum Gasteiger partial charge on any atom is 0.202 e. The van der Waals surface area contributed by atoms with Crippen LogP contribution in [0.3, 0.4) is 0 Å². The molecule has 1 aromatic rings. The largest absolute Gasteiger partial charge is 0.376 e. The molecule has 0 spiro atoms. The molecule has 6 heteroatoms. The molecular formula is C9H14N4OS. The number of aryl methyl sites for hydroxylation is 1. The van der Waals surface area contributed by atoms with Crippen LogP contribution in [0.5, 0.6) is 0 Å². The summed E-state index contributed by atoms with van der Waals surface area (Å²) in [6, 6.07) is 0.409. The SMILES string of the molecule is Cc1nsc(NC2C(N)C3CCOC32)n1. The molecule has 15 heavy (non-hydrogen) atoms. The summed E-state index contributed by atoms with van der Waals surface area (Å²) in [5.74, 6) is 1.34. The first kappa shape index (κ1) is 9.50. The van der Waals surface area contributed by atoms with Crippen molar-refractivity contribution >= 4 is 16.7 Å². The van der Waals surface area contributed by atoms with Crippen LogP contribution in [0.4, 0.5) is 5.13 Å². The van der Waals surface area contributed by atoms with Gasteiger partial charge in [0.25, 0.3) is 0 Å². The fourth-order valence-corrected chi connectivity index (χ4v) is 3.05. The lowest BCUT2D eigenvalue weighted by Crippen LogP contribution is -2.65. The number of aromatic nitrogens is 2. The number of hydrogen-bond acceptors (Lipinski definition) is 6. The highest BCUT2D eigenvalue weighted by molar-refractivity contribution is 7.09. The molecule has 4 unspecified atom stereocenters. The molecule has 1 aliphatic carbocycles. The number of rotatable bonds is 2. The molecule has 1 saturated carbocycles. The van der Waals surface area contributed by atoms with E-state index in [9.17, 15) is 0 Å². The molecule has 2 aliphatic rings. The number of ether oxygens (including phenoxy) is 1. The highest BCUT2D eigenvalue weighted by atomic mass is 32.1. The second-order valence-electron chi connectivity index (χ2n) is 4.18. The van der Waals surface area contributed by atoms with E-state index in [-0.39, 0.29) is 18.2 Å². The lowest BCUT2D eigenvalue weighted by Gasteiger charge is -2.45. The number of nitrogens with zero attached hydrogens (tertiary/aromatic N) is 2. The Kier molecular flexibility index (Phi) is 2.15. The van der Waals surface area contributed by atoms with Gasteiger partial charge in [0, 0.05) is 30.1 Å². The van der Waals surface area contributed by atoms with Crippen molar-refractivity contribution in [3.8, 4) is 0 Å². The topological polar surface area (TPSA) is 73.1 Å². The van der Waals surface area contributed by atoms with Gasteiger partial charge in [0.05, 0.1) is 12.1 Å². The second kappa shape index (κ2) is 3.40. The van der Waals surface area contributed by atoms with Crippen LogP contribution < -0.4 is 11.1 Å². The molecule has 4 atom stereocenters. The summed E-state index contributed by atoms with van der Waals surface area (Å²) in [6.07, 6.45) is 1.38. The number of nitrogens with one attached hydrogen (secondary N) is 1. The molecule has 0 radical (unpaired) electrons. The third kappa shape index (κ3) is 1.44. The van der Waals surface area contributed by atoms with E-state index >= 15 is 0 Å². The minimum atomic E-state index is 0.196. The fraction of sp³-hybridized carbons (Fsp3) is 0.778. The minimum absolute atomic E-state index is 0.196. The van der Waals surface area contributed by atoms with E-state index in [1.54, 1.807) is 0 Å². The van der Waals surface area contributed by atoms with Crippen LogP contribution in [0.15, 0.2) is 0 Å². The van der Waals surface area contributed by atoms with Gasteiger partial charge in [0.1, 0.15) is 5.82 Å². The van der Waals surface area contributed by atoms with Gasteiger partial charge in [-0.25, -0.2) is 4.98 Å². The summed E-state index contributed by atoms with van der Waals surface area (Å²) >= 11 is 1.38. The molecule has 1 aromatic heterocycles. The van der Waals surface area contributed by atoms with Gasteiger partial charge in [0.2, 0.25) is 5.13 Å². The lowest BCUT2D eigenvalue weighted by atomic mass is 9.72. The van der Waals surface area contributed by atoms with Crippen LogP contribution in [0, 0.1) is 12.8 Å². The Balaban J connectivity index is 1.69. The Morgan fingerprint density at radius 2 is 2.47 bits per heavy atom. The van der Waals surface area contributed by atoms with Crippen LogP contribution >= 0.6 is 11.5 Å². The van der Waals surface area contributed by atoms with Crippen molar-refractivity contribution in [2.45, 2.75) is 31.5 Å². The van der Waals surface area contributed by atoms with Crippen molar-refractivity contribution in [2.24, 2.45) is 11.7 Å². The van der Waals surface area contributed by atoms with Crippen LogP contribution in [0.2, 0.25) is 0 Å². The van der Waals surface area contributed by atoms with Gasteiger partial charge in [-0.3, -0.25) is 0 Å². The van der Waals surface area contributed by atoms with Gasteiger partial charge in [-0.1, -0.05) is 0 Å². The monoisotopic (exact) mass is 226 g/mol. The van der Waals surface area contributed by atoms with Crippen molar-refractivity contribution in [3.63, 3.8) is 0 Å². The molecule has 1 saturated heterocycles. The fourth-order valence-electron chi connectivity index (χ4n) is 2.43. The molecule has 82 valence electrons. The summed E-state index contributed by atoms with van der Waals surface area (Å²) < 4.78 is 9.75. The molecule has 3 rings (SSSR count). The van der Waals surface area contributed by atoms with E-state index in [2.05, 4.69) is 14.7 Å². The Morgan fingerprint density at radius 3 is 3.20 bits per heavy atom. The predicted octanol–water partition coefficient (Wildman–Crippen LogP) is 0.373. The van der Waals surface area contributed by atoms with Crippen molar-refractivity contribution < 1.29 is 4.74 Å². The predicted molar refractivity (Wildman–Crippen MR) is 57.9 cm³/mol. The van der Waals surface area contributed by atoms with E-state index in [4.69, 9.17) is 10.5 Å². The lowest BCUT2D eigenvalue weighted by molar-refractivity contribution is 0.00537. The number of fused-ring (bicyclic) bond motifs is 1. The van der Waals surface area contributed by atoms with Gasteiger partial charge in [-0.15, -0.1) is 0 Å². The van der Waals surface area contributed by atoms with Crippen LogP contribution in [0.25, 0.3) is 0 Å². The van der Waals surface area contributed by atoms with Gasteiger partial charge in [0.15, 0.2) is 0 Å². The van der Waals surface area contributed by atoms with Crippen molar-refractivity contribution in [3.05, 3.63) is 5.82 Å². The second-order valence-corrected chi connectivity index (χ2v) is 4.93. The molecule has 0 bridgehead atoms. The zero-order valence-electron chi connectivity index (χ0n) is 8.51. The van der Waals surface area contributed by atoms with E-state index < -0.39 is 0 Å². The number of anilines is 1. The van der Waals surface area contributed by atoms with Crippen LogP contribution in [0.1, 0.15) is 12.2 Å². The molecule has 5 nitrogen and oxygen atoms in total. The Hall–Kier alpha value is -0.720. The van der Waals surface area contributed by atoms with Gasteiger partial charge in [-0.05, 0) is 13.3 Å². The summed E-state index contributed by atoms with van der Waals surface area (Å²) in [5.41, 5.74) is 6.08. The Labute approximate surface area is 92.2 Å². The van der Waals surface area contributed by atoms with Crippen LogP contribution in [-0.2, 0) is 4.74 Å². The zero-order valence-corrected chi connectivity index (χ0v) is 9.33. The zero-order chi connectivity index (χ0) is 10.4. The molecule has 1 aliphatic heterocycles. The number of hydrogen-bond donors (Lipinski definition) is 2. The van der Waals surface area contributed by atoms with E-state index in [0.717, 1.165) is 24.0 Å². The standard InChI is InChI=1S/C9H14N4OS/c1-4-11-9(15-13-4)12-7-6(10)5-2-3-14-8(5)7/h5-8H,2-3,10H2,1H3,(H,11,12,13). The smallest absolute Gasteiger partial charge is 0.202 e. The summed E-state index contributed by atoms with van der Waals surface area (Å²) in [6.45, 7) is 2.73. The summed E-state index contributed by atoms with van der Waals surface area (Å²) in [7, 11) is 0. The first-order valence-corrected chi connectivity index (χ1v) is 5.97. The van der Waals surface area contributed by atoms with Gasteiger partial charge in [-0.2, -0.15) is 4.37 Å².